The van der Waals surface area contributed by atoms with Gasteiger partial charge in [-0.15, -0.1) is 0 Å². The van der Waals surface area contributed by atoms with Gasteiger partial charge in [-0.25, -0.2) is 17.6 Å². The van der Waals surface area contributed by atoms with Crippen molar-refractivity contribution in [2.24, 2.45) is 0 Å². The topological polar surface area (TPSA) is 0 Å². The summed E-state index contributed by atoms with van der Waals surface area (Å²) in [6.45, 7) is 0. The van der Waals surface area contributed by atoms with Crippen LogP contribution < -0.4 is 0 Å². The average molecular weight is 226 g/mol. The zero-order valence-corrected chi connectivity index (χ0v) is 7.98. The molecule has 0 saturated heterocycles. The molecular formula is C12H6F4. The minimum absolute atomic E-state index is 0.0281. The van der Waals surface area contributed by atoms with Crippen LogP contribution in [-0.4, -0.2) is 0 Å². The summed E-state index contributed by atoms with van der Waals surface area (Å²) in [6, 6.07) is 7.02. The quantitative estimate of drug-likeness (QED) is 0.510. The van der Waals surface area contributed by atoms with Crippen molar-refractivity contribution in [2.75, 3.05) is 0 Å². The second-order valence-electron chi connectivity index (χ2n) is 3.23. The van der Waals surface area contributed by atoms with E-state index in [-0.39, 0.29) is 11.1 Å². The summed E-state index contributed by atoms with van der Waals surface area (Å²) in [4.78, 5) is 0. The van der Waals surface area contributed by atoms with E-state index < -0.39 is 23.3 Å². The molecule has 0 N–H and O–H groups in total. The largest absolute Gasteiger partial charge is 0.206 e. The average Bonchev–Trinajstić information content (AvgIpc) is 2.26. The van der Waals surface area contributed by atoms with Gasteiger partial charge in [0.1, 0.15) is 5.82 Å². The lowest BCUT2D eigenvalue weighted by Gasteiger charge is -2.04. The fourth-order valence-corrected chi connectivity index (χ4v) is 1.41. The van der Waals surface area contributed by atoms with E-state index in [0.717, 1.165) is 18.2 Å². The third kappa shape index (κ3) is 1.78. The second kappa shape index (κ2) is 3.96. The molecule has 0 bridgehead atoms. The molecule has 0 aliphatic rings. The minimum atomic E-state index is -1.56. The van der Waals surface area contributed by atoms with Gasteiger partial charge in [-0.1, -0.05) is 18.2 Å². The molecule has 0 aliphatic heterocycles. The molecular weight excluding hydrogens is 220 g/mol. The zero-order valence-electron chi connectivity index (χ0n) is 7.98. The van der Waals surface area contributed by atoms with Crippen LogP contribution in [-0.2, 0) is 0 Å². The first-order valence-electron chi connectivity index (χ1n) is 4.49. The molecule has 0 nitrogen and oxygen atoms in total. The summed E-state index contributed by atoms with van der Waals surface area (Å²) in [5, 5.41) is 0. The number of halogens is 4. The van der Waals surface area contributed by atoms with Crippen molar-refractivity contribution >= 4 is 0 Å². The van der Waals surface area contributed by atoms with Gasteiger partial charge in [0.05, 0.1) is 0 Å². The molecule has 0 spiro atoms. The van der Waals surface area contributed by atoms with Crippen LogP contribution in [0.25, 0.3) is 11.1 Å². The van der Waals surface area contributed by atoms with Gasteiger partial charge in [0.15, 0.2) is 17.5 Å². The molecule has 2 aromatic carbocycles. The Morgan fingerprint density at radius 3 is 1.81 bits per heavy atom. The Kier molecular flexibility index (Phi) is 2.64. The van der Waals surface area contributed by atoms with E-state index in [1.807, 2.05) is 0 Å². The minimum Gasteiger partial charge on any atom is -0.206 e. The molecule has 0 radical (unpaired) electrons. The first-order chi connectivity index (χ1) is 7.59. The third-order valence-electron chi connectivity index (χ3n) is 2.17. The van der Waals surface area contributed by atoms with Gasteiger partial charge in [-0.3, -0.25) is 0 Å². The number of rotatable bonds is 1. The number of hydrogen-bond acceptors (Lipinski definition) is 0. The fourth-order valence-electron chi connectivity index (χ4n) is 1.41. The lowest BCUT2D eigenvalue weighted by Crippen LogP contribution is -1.93. The molecule has 2 rings (SSSR count). The van der Waals surface area contributed by atoms with E-state index >= 15 is 0 Å². The predicted molar refractivity (Wildman–Crippen MR) is 51.7 cm³/mol. The van der Waals surface area contributed by atoms with Crippen LogP contribution in [0.5, 0.6) is 0 Å². The Balaban J connectivity index is 2.62. The standard InChI is InChI=1S/C12H6F4/c13-9-4-2-1-3-8(9)7-5-10(14)12(16)11(15)6-7/h1-6H. The molecule has 16 heavy (non-hydrogen) atoms. The van der Waals surface area contributed by atoms with E-state index in [0.29, 0.717) is 0 Å². The van der Waals surface area contributed by atoms with Crippen molar-refractivity contribution in [1.82, 2.24) is 0 Å². The Morgan fingerprint density at radius 1 is 0.688 bits per heavy atom. The molecule has 0 amide bonds. The predicted octanol–water partition coefficient (Wildman–Crippen LogP) is 3.91. The lowest BCUT2D eigenvalue weighted by molar-refractivity contribution is 0.447. The molecule has 0 aromatic heterocycles. The van der Waals surface area contributed by atoms with Gasteiger partial charge in [0.2, 0.25) is 0 Å². The van der Waals surface area contributed by atoms with E-state index in [2.05, 4.69) is 0 Å². The molecule has 4 heteroatoms. The Labute approximate surface area is 89.2 Å². The van der Waals surface area contributed by atoms with Gasteiger partial charge < -0.3 is 0 Å². The van der Waals surface area contributed by atoms with E-state index in [1.54, 1.807) is 0 Å². The highest BCUT2D eigenvalue weighted by atomic mass is 19.2. The maximum Gasteiger partial charge on any atom is 0.194 e. The van der Waals surface area contributed by atoms with E-state index in [4.69, 9.17) is 0 Å². The molecule has 2 aromatic rings. The van der Waals surface area contributed by atoms with Crippen molar-refractivity contribution in [3.63, 3.8) is 0 Å². The van der Waals surface area contributed by atoms with Gasteiger partial charge >= 0.3 is 0 Å². The highest BCUT2D eigenvalue weighted by molar-refractivity contribution is 5.64. The smallest absolute Gasteiger partial charge is 0.194 e. The highest BCUT2D eigenvalue weighted by Crippen LogP contribution is 2.25. The first-order valence-corrected chi connectivity index (χ1v) is 4.49. The van der Waals surface area contributed by atoms with Crippen LogP contribution in [0, 0.1) is 23.3 Å². The monoisotopic (exact) mass is 226 g/mol. The fraction of sp³-hybridized carbons (Fsp3) is 0. The number of benzene rings is 2. The van der Waals surface area contributed by atoms with Crippen molar-refractivity contribution < 1.29 is 17.6 Å². The Morgan fingerprint density at radius 2 is 1.25 bits per heavy atom. The van der Waals surface area contributed by atoms with Gasteiger partial charge in [-0.05, 0) is 23.8 Å². The maximum absolute atomic E-state index is 13.3. The van der Waals surface area contributed by atoms with Crippen LogP contribution in [0.1, 0.15) is 0 Å². The summed E-state index contributed by atoms with van der Waals surface area (Å²) in [5.41, 5.74) is -0.00481. The van der Waals surface area contributed by atoms with Crippen LogP contribution in [0.2, 0.25) is 0 Å². The normalized spacial score (nSPS) is 10.5. The van der Waals surface area contributed by atoms with Crippen LogP contribution in [0.4, 0.5) is 17.6 Å². The van der Waals surface area contributed by atoms with Gasteiger partial charge in [0.25, 0.3) is 0 Å². The van der Waals surface area contributed by atoms with E-state index in [9.17, 15) is 17.6 Å². The molecule has 0 atom stereocenters. The van der Waals surface area contributed by atoms with Crippen LogP contribution in [0.15, 0.2) is 36.4 Å². The molecule has 0 heterocycles. The Hall–Kier alpha value is -1.84. The first kappa shape index (κ1) is 10.7. The molecule has 0 fully saturated rings. The molecule has 0 aliphatic carbocycles. The van der Waals surface area contributed by atoms with Crippen molar-refractivity contribution in [2.45, 2.75) is 0 Å². The zero-order chi connectivity index (χ0) is 11.7. The Bertz CT molecular complexity index is 511. The van der Waals surface area contributed by atoms with Crippen molar-refractivity contribution in [1.29, 1.82) is 0 Å². The van der Waals surface area contributed by atoms with Crippen LogP contribution >= 0.6 is 0 Å². The summed E-state index contributed by atoms with van der Waals surface area (Å²) in [7, 11) is 0. The van der Waals surface area contributed by atoms with Crippen molar-refractivity contribution in [3.8, 4) is 11.1 Å². The summed E-state index contributed by atoms with van der Waals surface area (Å²) >= 11 is 0. The molecule has 82 valence electrons. The number of hydrogen-bond donors (Lipinski definition) is 0. The van der Waals surface area contributed by atoms with Gasteiger partial charge in [0, 0.05) is 5.56 Å². The summed E-state index contributed by atoms with van der Waals surface area (Å²) in [6.07, 6.45) is 0. The highest BCUT2D eigenvalue weighted by Gasteiger charge is 2.13. The molecule has 0 saturated carbocycles. The SMILES string of the molecule is Fc1ccccc1-c1cc(F)c(F)c(F)c1. The van der Waals surface area contributed by atoms with E-state index in [1.165, 1.54) is 18.2 Å². The summed E-state index contributed by atoms with van der Waals surface area (Å²) < 4.78 is 51.8. The lowest BCUT2D eigenvalue weighted by atomic mass is 10.0. The molecule has 0 unspecified atom stereocenters. The van der Waals surface area contributed by atoms with Gasteiger partial charge in [-0.2, -0.15) is 0 Å². The third-order valence-corrected chi connectivity index (χ3v) is 2.17. The van der Waals surface area contributed by atoms with Crippen molar-refractivity contribution in [3.05, 3.63) is 59.7 Å². The summed E-state index contributed by atoms with van der Waals surface area (Å²) in [5.74, 6) is -4.84. The van der Waals surface area contributed by atoms with Crippen LogP contribution in [0.3, 0.4) is 0 Å². The second-order valence-corrected chi connectivity index (χ2v) is 3.23. The maximum atomic E-state index is 13.3.